The van der Waals surface area contributed by atoms with Gasteiger partial charge in [0.2, 0.25) is 0 Å². The number of pyridine rings is 1. The Morgan fingerprint density at radius 1 is 1.60 bits per heavy atom. The fourth-order valence-electron chi connectivity index (χ4n) is 0.417. The van der Waals surface area contributed by atoms with Gasteiger partial charge in [0.05, 0.1) is 13.8 Å². The molecule has 0 saturated carbocycles. The molecule has 54 valence electrons. The molecule has 0 aliphatic rings. The monoisotopic (exact) mass is 201 g/mol. The van der Waals surface area contributed by atoms with Gasteiger partial charge in [-0.3, -0.25) is 0 Å². The number of nitrogens with zero attached hydrogens (tertiary/aromatic N) is 1. The molecule has 2 nitrogen and oxygen atoms in total. The Hall–Kier alpha value is -0.700. The maximum atomic E-state index is 5.39. The van der Waals surface area contributed by atoms with Crippen molar-refractivity contribution in [1.82, 2.24) is 4.98 Å². The van der Waals surface area contributed by atoms with E-state index in [-0.39, 0.29) is 0 Å². The molecule has 0 spiro atoms. The van der Waals surface area contributed by atoms with Crippen molar-refractivity contribution in [2.24, 2.45) is 0 Å². The quantitative estimate of drug-likeness (QED) is 0.517. The van der Waals surface area contributed by atoms with Crippen LogP contribution in [-0.2, 0) is 0 Å². The van der Waals surface area contributed by atoms with Gasteiger partial charge in [0, 0.05) is 11.9 Å². The van der Waals surface area contributed by atoms with Crippen molar-refractivity contribution in [2.75, 3.05) is 5.73 Å². The first-order valence-electron chi connectivity index (χ1n) is 2.87. The molecule has 3 heteroatoms. The summed E-state index contributed by atoms with van der Waals surface area (Å²) in [6.45, 7) is 5.00. The maximum Gasteiger partial charge on any atom is 0.108 e. The van der Waals surface area contributed by atoms with E-state index in [0.717, 1.165) is 10.3 Å². The normalized spacial score (nSPS) is 7.80. The standard InChI is InChI=1S/C5H5BrN2.C2H5/c6-5-3-4(7)1-2-8-5;1-2/h1-3H,(H2,7,8);1H2,2H3/q;+1. The molecular formula is C7H10BrN2+. The van der Waals surface area contributed by atoms with E-state index in [1.54, 1.807) is 25.3 Å². The second-order valence-corrected chi connectivity index (χ2v) is 2.22. The largest absolute Gasteiger partial charge is 0.399 e. The molecule has 0 aromatic carbocycles. The highest BCUT2D eigenvalue weighted by atomic mass is 79.9. The van der Waals surface area contributed by atoms with Crippen LogP contribution in [-0.4, -0.2) is 4.98 Å². The van der Waals surface area contributed by atoms with Crippen LogP contribution < -0.4 is 5.73 Å². The molecule has 2 N–H and O–H groups in total. The maximum absolute atomic E-state index is 5.39. The lowest BCUT2D eigenvalue weighted by Gasteiger charge is -1.88. The third-order valence-electron chi connectivity index (χ3n) is 0.751. The van der Waals surface area contributed by atoms with E-state index >= 15 is 0 Å². The lowest BCUT2D eigenvalue weighted by Crippen LogP contribution is -1.83. The zero-order chi connectivity index (χ0) is 7.98. The minimum Gasteiger partial charge on any atom is -0.399 e. The van der Waals surface area contributed by atoms with Gasteiger partial charge in [0.1, 0.15) is 4.60 Å². The molecule has 0 atom stereocenters. The lowest BCUT2D eigenvalue weighted by molar-refractivity contribution is 1.28. The predicted molar refractivity (Wildman–Crippen MR) is 47.4 cm³/mol. The highest BCUT2D eigenvalue weighted by Crippen LogP contribution is 2.07. The Balaban J connectivity index is 0.000000371. The van der Waals surface area contributed by atoms with Crippen LogP contribution in [0.5, 0.6) is 0 Å². The zero-order valence-corrected chi connectivity index (χ0v) is 7.43. The van der Waals surface area contributed by atoms with Gasteiger partial charge < -0.3 is 5.73 Å². The Kier molecular flexibility index (Phi) is 4.76. The SMILES string of the molecule is Nc1ccnc(Br)c1.[CH2+]C. The van der Waals surface area contributed by atoms with Crippen LogP contribution in [0.4, 0.5) is 5.69 Å². The summed E-state index contributed by atoms with van der Waals surface area (Å²) in [5, 5.41) is 0. The van der Waals surface area contributed by atoms with E-state index in [1.165, 1.54) is 0 Å². The summed E-state index contributed by atoms with van der Waals surface area (Å²) in [4.78, 5) is 3.88. The minimum atomic E-state index is 0.729. The van der Waals surface area contributed by atoms with Crippen LogP contribution in [0.3, 0.4) is 0 Å². The Morgan fingerprint density at radius 3 is 2.50 bits per heavy atom. The van der Waals surface area contributed by atoms with Gasteiger partial charge in [0.15, 0.2) is 0 Å². The molecule has 1 heterocycles. The zero-order valence-electron chi connectivity index (χ0n) is 5.84. The minimum absolute atomic E-state index is 0.729. The molecule has 0 bridgehead atoms. The van der Waals surface area contributed by atoms with E-state index in [1.807, 2.05) is 0 Å². The first kappa shape index (κ1) is 9.30. The van der Waals surface area contributed by atoms with Crippen LogP contribution >= 0.6 is 15.9 Å². The highest BCUT2D eigenvalue weighted by molar-refractivity contribution is 9.10. The predicted octanol–water partition coefficient (Wildman–Crippen LogP) is 2.27. The third kappa shape index (κ3) is 3.35. The van der Waals surface area contributed by atoms with Crippen molar-refractivity contribution in [2.45, 2.75) is 6.92 Å². The fraction of sp³-hybridized carbons (Fsp3) is 0.143. The van der Waals surface area contributed by atoms with E-state index in [0.29, 0.717) is 0 Å². The number of aromatic nitrogens is 1. The summed E-state index contributed by atoms with van der Waals surface area (Å²) >= 11 is 3.17. The molecule has 0 aliphatic carbocycles. The van der Waals surface area contributed by atoms with Gasteiger partial charge >= 0.3 is 0 Å². The summed E-state index contributed by atoms with van der Waals surface area (Å²) in [5.74, 6) is 0. The highest BCUT2D eigenvalue weighted by Gasteiger charge is 1.84. The Labute approximate surface area is 69.6 Å². The average molecular weight is 202 g/mol. The summed E-state index contributed by atoms with van der Waals surface area (Å²) in [5.41, 5.74) is 6.12. The molecule has 1 rings (SSSR count). The summed E-state index contributed by atoms with van der Waals surface area (Å²) in [6, 6.07) is 3.49. The van der Waals surface area contributed by atoms with Crippen LogP contribution in [0.1, 0.15) is 6.92 Å². The first-order chi connectivity index (χ1) is 4.79. The van der Waals surface area contributed by atoms with Crippen molar-refractivity contribution in [1.29, 1.82) is 0 Å². The van der Waals surface area contributed by atoms with Gasteiger partial charge in [-0.2, -0.15) is 0 Å². The molecule has 0 aliphatic heterocycles. The average Bonchev–Trinajstić information content (AvgIpc) is 1.91. The van der Waals surface area contributed by atoms with Gasteiger partial charge in [-0.15, -0.1) is 0 Å². The molecule has 0 radical (unpaired) electrons. The van der Waals surface area contributed by atoms with Crippen LogP contribution in [0, 0.1) is 6.92 Å². The van der Waals surface area contributed by atoms with Crippen LogP contribution in [0.15, 0.2) is 22.9 Å². The number of anilines is 1. The molecule has 0 unspecified atom stereocenters. The van der Waals surface area contributed by atoms with Gasteiger partial charge in [-0.1, -0.05) is 0 Å². The second kappa shape index (κ2) is 5.11. The lowest BCUT2D eigenvalue weighted by atomic mass is 10.4. The number of hydrogen-bond acceptors (Lipinski definition) is 2. The van der Waals surface area contributed by atoms with Crippen LogP contribution in [0.2, 0.25) is 0 Å². The van der Waals surface area contributed by atoms with E-state index in [4.69, 9.17) is 5.73 Å². The summed E-state index contributed by atoms with van der Waals surface area (Å²) < 4.78 is 0.775. The Morgan fingerprint density at radius 2 is 2.20 bits per heavy atom. The van der Waals surface area contributed by atoms with Crippen molar-refractivity contribution < 1.29 is 0 Å². The van der Waals surface area contributed by atoms with Gasteiger partial charge in [-0.05, 0) is 28.1 Å². The first-order valence-corrected chi connectivity index (χ1v) is 3.66. The summed E-state index contributed by atoms with van der Waals surface area (Å²) in [6.07, 6.45) is 1.65. The van der Waals surface area contributed by atoms with Crippen molar-refractivity contribution in [3.8, 4) is 0 Å². The molecular weight excluding hydrogens is 192 g/mol. The number of nitrogen functional groups attached to an aromatic ring is 1. The van der Waals surface area contributed by atoms with Gasteiger partial charge in [0.25, 0.3) is 0 Å². The molecule has 10 heavy (non-hydrogen) atoms. The molecule has 1 aromatic rings. The van der Waals surface area contributed by atoms with E-state index in [2.05, 4.69) is 27.8 Å². The second-order valence-electron chi connectivity index (χ2n) is 1.41. The number of rotatable bonds is 0. The fourth-order valence-corrected chi connectivity index (χ4v) is 0.800. The van der Waals surface area contributed by atoms with Gasteiger partial charge in [-0.25, -0.2) is 4.98 Å². The molecule has 1 aromatic heterocycles. The topological polar surface area (TPSA) is 38.9 Å². The van der Waals surface area contributed by atoms with E-state index < -0.39 is 0 Å². The molecule has 0 saturated heterocycles. The van der Waals surface area contributed by atoms with Crippen molar-refractivity contribution >= 4 is 21.6 Å². The molecule has 0 amide bonds. The Bertz CT molecular complexity index is 171. The number of hydrogen-bond donors (Lipinski definition) is 1. The third-order valence-corrected chi connectivity index (χ3v) is 1.18. The smallest absolute Gasteiger partial charge is 0.108 e. The van der Waals surface area contributed by atoms with Crippen molar-refractivity contribution in [3.05, 3.63) is 29.9 Å². The van der Waals surface area contributed by atoms with Crippen LogP contribution in [0.25, 0.3) is 0 Å². The van der Waals surface area contributed by atoms with E-state index in [9.17, 15) is 0 Å². The number of halogens is 1. The molecule has 0 fully saturated rings. The summed E-state index contributed by atoms with van der Waals surface area (Å²) in [7, 11) is 0. The number of nitrogens with two attached hydrogens (primary N) is 1. The van der Waals surface area contributed by atoms with Crippen molar-refractivity contribution in [3.63, 3.8) is 0 Å².